The number of aromatic nitrogens is 3. The Morgan fingerprint density at radius 1 is 1.21 bits per heavy atom. The Balaban J connectivity index is 0.00000196. The van der Waals surface area contributed by atoms with E-state index in [2.05, 4.69) is 15.4 Å². The minimum Gasteiger partial charge on any atom is -0.354 e. The number of nitrogens with one attached hydrogen (secondary N) is 1. The largest absolute Gasteiger partial charge is 0.354 e. The van der Waals surface area contributed by atoms with E-state index >= 15 is 0 Å². The predicted molar refractivity (Wildman–Crippen MR) is 111 cm³/mol. The second-order valence-corrected chi connectivity index (χ2v) is 6.32. The molecule has 2 amide bonds. The normalized spacial score (nSPS) is 15.9. The highest BCUT2D eigenvalue weighted by Gasteiger charge is 2.28. The first kappa shape index (κ1) is 23.9. The van der Waals surface area contributed by atoms with Crippen molar-refractivity contribution < 1.29 is 9.59 Å². The van der Waals surface area contributed by atoms with Crippen molar-refractivity contribution in [2.45, 2.75) is 31.7 Å². The highest BCUT2D eigenvalue weighted by molar-refractivity contribution is 5.93. The molecule has 154 valence electrons. The fraction of sp³-hybridized carbons (Fsp3) is 0.444. The molecule has 28 heavy (non-hydrogen) atoms. The van der Waals surface area contributed by atoms with Crippen molar-refractivity contribution in [2.24, 2.45) is 5.73 Å². The molecule has 2 aromatic rings. The quantitative estimate of drug-likeness (QED) is 0.725. The first-order valence-electron chi connectivity index (χ1n) is 8.94. The van der Waals surface area contributed by atoms with Gasteiger partial charge in [-0.25, -0.2) is 9.67 Å². The van der Waals surface area contributed by atoms with Gasteiger partial charge in [0, 0.05) is 44.5 Å². The van der Waals surface area contributed by atoms with Crippen molar-refractivity contribution >= 4 is 36.6 Å². The summed E-state index contributed by atoms with van der Waals surface area (Å²) in [5, 5.41) is 7.03. The zero-order valence-electron chi connectivity index (χ0n) is 15.5. The lowest BCUT2D eigenvalue weighted by Gasteiger charge is -2.35. The van der Waals surface area contributed by atoms with Crippen LogP contribution in [-0.4, -0.2) is 57.2 Å². The summed E-state index contributed by atoms with van der Waals surface area (Å²) in [6.45, 7) is 1.44. The number of hydrogen-bond donors (Lipinski definition) is 2. The molecule has 8 nitrogen and oxygen atoms in total. The Kier molecular flexibility index (Phi) is 9.92. The van der Waals surface area contributed by atoms with Crippen LogP contribution in [-0.2, 0) is 4.79 Å². The number of piperidine rings is 1. The van der Waals surface area contributed by atoms with Crippen LogP contribution in [0.5, 0.6) is 0 Å². The van der Waals surface area contributed by atoms with Gasteiger partial charge in [0.05, 0.1) is 0 Å². The molecule has 1 fully saturated rings. The summed E-state index contributed by atoms with van der Waals surface area (Å²) in [6, 6.07) is 7.12. The molecule has 1 saturated heterocycles. The molecule has 1 unspecified atom stereocenters. The van der Waals surface area contributed by atoms with Crippen LogP contribution in [0.2, 0.25) is 0 Å². The van der Waals surface area contributed by atoms with E-state index in [1.54, 1.807) is 35.3 Å². The average Bonchev–Trinajstić information content (AvgIpc) is 3.21. The van der Waals surface area contributed by atoms with E-state index < -0.39 is 0 Å². The average molecular weight is 429 g/mol. The molecule has 3 rings (SSSR count). The monoisotopic (exact) mass is 428 g/mol. The number of hydrogen-bond acceptors (Lipinski definition) is 5. The zero-order valence-corrected chi connectivity index (χ0v) is 17.1. The van der Waals surface area contributed by atoms with Gasteiger partial charge in [-0.2, -0.15) is 5.10 Å². The molecule has 3 heterocycles. The van der Waals surface area contributed by atoms with Gasteiger partial charge < -0.3 is 16.0 Å². The maximum Gasteiger partial charge on any atom is 0.272 e. The Hall–Kier alpha value is -2.16. The van der Waals surface area contributed by atoms with E-state index in [9.17, 15) is 9.59 Å². The standard InChI is InChI=1S/C18H24N6O2.2ClH/c19-9-8-17(25)20-13-14-5-1-2-11-23(14)18(26)15-6-3-7-16(22-15)24-12-4-10-21-24;;/h3-4,6-7,10,12,14H,1-2,5,8-9,11,13,19H2,(H,20,25);2*1H. The van der Waals surface area contributed by atoms with Gasteiger partial charge in [0.2, 0.25) is 5.91 Å². The molecule has 0 spiro atoms. The number of rotatable bonds is 6. The molecule has 10 heteroatoms. The van der Waals surface area contributed by atoms with Crippen LogP contribution in [0, 0.1) is 0 Å². The third-order valence-corrected chi connectivity index (χ3v) is 4.49. The molecular formula is C18H26Cl2N6O2. The van der Waals surface area contributed by atoms with E-state index in [0.717, 1.165) is 19.3 Å². The van der Waals surface area contributed by atoms with Crippen LogP contribution in [0.15, 0.2) is 36.7 Å². The summed E-state index contributed by atoms with van der Waals surface area (Å²) in [5.74, 6) is 0.409. The van der Waals surface area contributed by atoms with Crippen LogP contribution in [0.3, 0.4) is 0 Å². The van der Waals surface area contributed by atoms with E-state index in [-0.39, 0.29) is 42.7 Å². The van der Waals surface area contributed by atoms with Crippen molar-refractivity contribution in [3.63, 3.8) is 0 Å². The molecule has 0 saturated carbocycles. The topological polar surface area (TPSA) is 106 Å². The number of amides is 2. The van der Waals surface area contributed by atoms with E-state index in [1.165, 1.54) is 0 Å². The third-order valence-electron chi connectivity index (χ3n) is 4.49. The van der Waals surface area contributed by atoms with Crippen LogP contribution in [0.1, 0.15) is 36.2 Å². The smallest absolute Gasteiger partial charge is 0.272 e. The highest BCUT2D eigenvalue weighted by Crippen LogP contribution is 2.19. The number of halogens is 2. The maximum atomic E-state index is 13.0. The first-order valence-corrected chi connectivity index (χ1v) is 8.94. The van der Waals surface area contributed by atoms with Gasteiger partial charge in [-0.15, -0.1) is 24.8 Å². The Labute approximate surface area is 176 Å². The van der Waals surface area contributed by atoms with E-state index in [4.69, 9.17) is 5.73 Å². The molecule has 0 radical (unpaired) electrons. The van der Waals surface area contributed by atoms with Gasteiger partial charge in [-0.3, -0.25) is 9.59 Å². The number of nitrogens with two attached hydrogens (primary N) is 1. The molecule has 0 aromatic carbocycles. The lowest BCUT2D eigenvalue weighted by molar-refractivity contribution is -0.121. The van der Waals surface area contributed by atoms with E-state index in [1.807, 2.05) is 11.0 Å². The number of carbonyl (C=O) groups is 2. The summed E-state index contributed by atoms with van der Waals surface area (Å²) in [4.78, 5) is 31.0. The summed E-state index contributed by atoms with van der Waals surface area (Å²) >= 11 is 0. The fourth-order valence-corrected chi connectivity index (χ4v) is 3.15. The molecule has 0 aliphatic carbocycles. The van der Waals surface area contributed by atoms with Crippen LogP contribution < -0.4 is 11.1 Å². The summed E-state index contributed by atoms with van der Waals surface area (Å²) in [7, 11) is 0. The van der Waals surface area contributed by atoms with Crippen molar-refractivity contribution in [2.75, 3.05) is 19.6 Å². The summed E-state index contributed by atoms with van der Waals surface area (Å²) in [5.41, 5.74) is 5.79. The van der Waals surface area contributed by atoms with Crippen LogP contribution in [0.4, 0.5) is 0 Å². The lowest BCUT2D eigenvalue weighted by Crippen LogP contribution is -2.49. The van der Waals surface area contributed by atoms with E-state index in [0.29, 0.717) is 37.6 Å². The Morgan fingerprint density at radius 2 is 2.04 bits per heavy atom. The number of nitrogens with zero attached hydrogens (tertiary/aromatic N) is 4. The van der Waals surface area contributed by atoms with Crippen LogP contribution >= 0.6 is 24.8 Å². The number of pyridine rings is 1. The summed E-state index contributed by atoms with van der Waals surface area (Å²) in [6.07, 6.45) is 6.62. The Morgan fingerprint density at radius 3 is 2.75 bits per heavy atom. The number of carbonyl (C=O) groups excluding carboxylic acids is 2. The van der Waals surface area contributed by atoms with Gasteiger partial charge in [-0.05, 0) is 37.5 Å². The van der Waals surface area contributed by atoms with Crippen molar-refractivity contribution in [1.29, 1.82) is 0 Å². The molecule has 1 atom stereocenters. The Bertz CT molecular complexity index is 756. The minimum absolute atomic E-state index is 0. The maximum absolute atomic E-state index is 13.0. The lowest BCUT2D eigenvalue weighted by atomic mass is 10.0. The molecule has 1 aliphatic heterocycles. The third kappa shape index (κ3) is 5.92. The molecule has 2 aromatic heterocycles. The molecule has 3 N–H and O–H groups in total. The SMILES string of the molecule is Cl.Cl.NCCC(=O)NCC1CCCCN1C(=O)c1cccc(-n2cccn2)n1. The van der Waals surface area contributed by atoms with Crippen LogP contribution in [0.25, 0.3) is 5.82 Å². The predicted octanol–water partition coefficient (Wildman–Crippen LogP) is 1.57. The molecule has 0 bridgehead atoms. The molecule has 1 aliphatic rings. The van der Waals surface area contributed by atoms with Crippen molar-refractivity contribution in [3.05, 3.63) is 42.4 Å². The molecular weight excluding hydrogens is 403 g/mol. The second-order valence-electron chi connectivity index (χ2n) is 6.32. The van der Waals surface area contributed by atoms with Gasteiger partial charge in [0.15, 0.2) is 5.82 Å². The van der Waals surface area contributed by atoms with Crippen molar-refractivity contribution in [3.8, 4) is 5.82 Å². The second kappa shape index (κ2) is 11.6. The fourth-order valence-electron chi connectivity index (χ4n) is 3.15. The van der Waals surface area contributed by atoms with Crippen molar-refractivity contribution in [1.82, 2.24) is 25.0 Å². The van der Waals surface area contributed by atoms with Gasteiger partial charge in [-0.1, -0.05) is 6.07 Å². The highest BCUT2D eigenvalue weighted by atomic mass is 35.5. The number of likely N-dealkylation sites (tertiary alicyclic amines) is 1. The first-order chi connectivity index (χ1) is 12.7. The zero-order chi connectivity index (χ0) is 18.4. The minimum atomic E-state index is -0.114. The van der Waals surface area contributed by atoms with Gasteiger partial charge in [0.1, 0.15) is 5.69 Å². The summed E-state index contributed by atoms with van der Waals surface area (Å²) < 4.78 is 1.62. The van der Waals surface area contributed by atoms with Gasteiger partial charge >= 0.3 is 0 Å². The van der Waals surface area contributed by atoms with Gasteiger partial charge in [0.25, 0.3) is 5.91 Å².